The molecule has 0 fully saturated rings. The lowest BCUT2D eigenvalue weighted by Gasteiger charge is -2.18. The Hall–Kier alpha value is -1.68. The smallest absolute Gasteiger partial charge is 0.345 e. The Balaban J connectivity index is 2.12. The predicted octanol–water partition coefficient (Wildman–Crippen LogP) is 4.36. The summed E-state index contributed by atoms with van der Waals surface area (Å²) in [6, 6.07) is 9.25. The molecule has 0 N–H and O–H groups in total. The highest BCUT2D eigenvalue weighted by atomic mass is 79.9. The van der Waals surface area contributed by atoms with E-state index >= 15 is 0 Å². The van der Waals surface area contributed by atoms with Gasteiger partial charge in [-0.2, -0.15) is 0 Å². The quantitative estimate of drug-likeness (QED) is 0.605. The van der Waals surface area contributed by atoms with Crippen molar-refractivity contribution >= 4 is 21.9 Å². The minimum atomic E-state index is -0.415. The Morgan fingerprint density at radius 3 is 2.35 bits per heavy atom. The monoisotopic (exact) mass is 333 g/mol. The third-order valence-electron chi connectivity index (χ3n) is 2.87. The van der Waals surface area contributed by atoms with Crippen LogP contribution in [-0.4, -0.2) is 11.0 Å². The number of pyridine rings is 1. The van der Waals surface area contributed by atoms with Gasteiger partial charge in [0.25, 0.3) is 0 Å². The van der Waals surface area contributed by atoms with Gasteiger partial charge < -0.3 is 4.74 Å². The fourth-order valence-electron chi connectivity index (χ4n) is 1.71. The zero-order valence-corrected chi connectivity index (χ0v) is 13.3. The van der Waals surface area contributed by atoms with E-state index in [1.165, 1.54) is 11.8 Å². The van der Waals surface area contributed by atoms with E-state index in [0.717, 1.165) is 4.47 Å². The molecule has 0 amide bonds. The van der Waals surface area contributed by atoms with E-state index in [1.807, 2.05) is 24.3 Å². The second-order valence-corrected chi connectivity index (χ2v) is 6.47. The van der Waals surface area contributed by atoms with Gasteiger partial charge in [0, 0.05) is 16.9 Å². The minimum Gasteiger partial charge on any atom is -0.423 e. The van der Waals surface area contributed by atoms with Crippen molar-refractivity contribution in [3.8, 4) is 5.75 Å². The molecule has 3 nitrogen and oxygen atoms in total. The van der Waals surface area contributed by atoms with Crippen LogP contribution in [0.4, 0.5) is 0 Å². The van der Waals surface area contributed by atoms with Gasteiger partial charge in [0.2, 0.25) is 0 Å². The van der Waals surface area contributed by atoms with Crippen molar-refractivity contribution in [1.29, 1.82) is 0 Å². The van der Waals surface area contributed by atoms with Gasteiger partial charge >= 0.3 is 5.97 Å². The summed E-state index contributed by atoms with van der Waals surface area (Å²) in [5, 5.41) is 0. The second-order valence-electron chi connectivity index (χ2n) is 5.56. The zero-order chi connectivity index (χ0) is 14.8. The summed E-state index contributed by atoms with van der Waals surface area (Å²) in [4.78, 5) is 15.9. The number of nitrogens with zero attached hydrogens (tertiary/aromatic N) is 1. The molecule has 0 aliphatic rings. The van der Waals surface area contributed by atoms with Crippen molar-refractivity contribution in [2.45, 2.75) is 26.2 Å². The zero-order valence-electron chi connectivity index (χ0n) is 11.7. The van der Waals surface area contributed by atoms with E-state index in [0.29, 0.717) is 11.3 Å². The predicted molar refractivity (Wildman–Crippen MR) is 82.0 cm³/mol. The number of ether oxygens (including phenoxy) is 1. The Morgan fingerprint density at radius 2 is 1.80 bits per heavy atom. The minimum absolute atomic E-state index is 0.0801. The first-order valence-electron chi connectivity index (χ1n) is 6.29. The summed E-state index contributed by atoms with van der Waals surface area (Å²) in [7, 11) is 0. The molecule has 2 aromatic rings. The Labute approximate surface area is 127 Å². The number of aromatic nitrogens is 1. The van der Waals surface area contributed by atoms with E-state index in [2.05, 4.69) is 41.7 Å². The van der Waals surface area contributed by atoms with Gasteiger partial charge in [-0.3, -0.25) is 4.98 Å². The summed E-state index contributed by atoms with van der Waals surface area (Å²) in [6.45, 7) is 6.42. The Bertz CT molecular complexity index is 615. The van der Waals surface area contributed by atoms with Crippen molar-refractivity contribution in [2.75, 3.05) is 0 Å². The van der Waals surface area contributed by atoms with Gasteiger partial charge in [0.05, 0.1) is 5.56 Å². The number of rotatable bonds is 2. The van der Waals surface area contributed by atoms with E-state index < -0.39 is 5.97 Å². The molecule has 0 radical (unpaired) electrons. The molecule has 0 saturated heterocycles. The maximum absolute atomic E-state index is 12.0. The van der Waals surface area contributed by atoms with E-state index in [4.69, 9.17) is 4.74 Å². The van der Waals surface area contributed by atoms with Gasteiger partial charge in [0.15, 0.2) is 0 Å². The Morgan fingerprint density at radius 1 is 1.15 bits per heavy atom. The fourth-order valence-corrected chi connectivity index (χ4v) is 2.08. The molecule has 0 saturated carbocycles. The summed E-state index contributed by atoms with van der Waals surface area (Å²) >= 11 is 3.28. The number of halogens is 1. The van der Waals surface area contributed by atoms with Crippen LogP contribution in [-0.2, 0) is 5.41 Å². The van der Waals surface area contributed by atoms with Crippen molar-refractivity contribution in [3.63, 3.8) is 0 Å². The molecule has 1 aromatic heterocycles. The number of esters is 1. The molecule has 20 heavy (non-hydrogen) atoms. The average molecular weight is 334 g/mol. The SMILES string of the molecule is CC(C)(C)c1ccc(OC(=O)c2cncc(Br)c2)cc1. The van der Waals surface area contributed by atoms with Crippen LogP contribution in [0, 0.1) is 0 Å². The number of carbonyl (C=O) groups excluding carboxylic acids is 1. The molecule has 104 valence electrons. The summed E-state index contributed by atoms with van der Waals surface area (Å²) in [6.07, 6.45) is 3.10. The molecule has 4 heteroatoms. The van der Waals surface area contributed by atoms with Crippen LogP contribution in [0.5, 0.6) is 5.75 Å². The third kappa shape index (κ3) is 3.67. The molecular formula is C16H16BrNO2. The molecular weight excluding hydrogens is 318 g/mol. The molecule has 0 spiro atoms. The molecule has 2 rings (SSSR count). The number of hydrogen-bond acceptors (Lipinski definition) is 3. The highest BCUT2D eigenvalue weighted by molar-refractivity contribution is 9.10. The second kappa shape index (κ2) is 5.75. The maximum Gasteiger partial charge on any atom is 0.345 e. The van der Waals surface area contributed by atoms with Crippen LogP contribution in [0.25, 0.3) is 0 Å². The first-order valence-corrected chi connectivity index (χ1v) is 7.09. The normalized spacial score (nSPS) is 11.2. The van der Waals surface area contributed by atoms with Crippen LogP contribution < -0.4 is 4.74 Å². The third-order valence-corrected chi connectivity index (χ3v) is 3.31. The average Bonchev–Trinajstić information content (AvgIpc) is 2.38. The van der Waals surface area contributed by atoms with Gasteiger partial charge in [0.1, 0.15) is 5.75 Å². The molecule has 0 aliphatic carbocycles. The van der Waals surface area contributed by atoms with Crippen molar-refractivity contribution in [2.24, 2.45) is 0 Å². The van der Waals surface area contributed by atoms with E-state index in [9.17, 15) is 4.79 Å². The number of hydrogen-bond donors (Lipinski definition) is 0. The largest absolute Gasteiger partial charge is 0.423 e. The summed E-state index contributed by atoms with van der Waals surface area (Å²) in [5.74, 6) is 0.116. The number of carbonyl (C=O) groups is 1. The standard InChI is InChI=1S/C16H16BrNO2/c1-16(2,3)12-4-6-14(7-5-12)20-15(19)11-8-13(17)10-18-9-11/h4-10H,1-3H3. The van der Waals surface area contributed by atoms with Gasteiger partial charge in [-0.05, 0) is 45.1 Å². The van der Waals surface area contributed by atoms with Crippen molar-refractivity contribution in [1.82, 2.24) is 4.98 Å². The van der Waals surface area contributed by atoms with Crippen LogP contribution >= 0.6 is 15.9 Å². The van der Waals surface area contributed by atoms with Gasteiger partial charge in [-0.1, -0.05) is 32.9 Å². The lowest BCUT2D eigenvalue weighted by atomic mass is 9.87. The number of benzene rings is 1. The van der Waals surface area contributed by atoms with Crippen LogP contribution in [0.2, 0.25) is 0 Å². The first kappa shape index (κ1) is 14.7. The maximum atomic E-state index is 12.0. The Kier molecular flexibility index (Phi) is 4.23. The lowest BCUT2D eigenvalue weighted by molar-refractivity contribution is 0.0734. The highest BCUT2D eigenvalue weighted by Gasteiger charge is 2.14. The molecule has 1 heterocycles. The van der Waals surface area contributed by atoms with Crippen LogP contribution in [0.3, 0.4) is 0 Å². The highest BCUT2D eigenvalue weighted by Crippen LogP contribution is 2.24. The van der Waals surface area contributed by atoms with E-state index in [-0.39, 0.29) is 5.41 Å². The van der Waals surface area contributed by atoms with Gasteiger partial charge in [-0.15, -0.1) is 0 Å². The van der Waals surface area contributed by atoms with Gasteiger partial charge in [-0.25, -0.2) is 4.79 Å². The molecule has 0 unspecified atom stereocenters. The van der Waals surface area contributed by atoms with Crippen LogP contribution in [0.1, 0.15) is 36.7 Å². The molecule has 0 atom stereocenters. The summed E-state index contributed by atoms with van der Waals surface area (Å²) < 4.78 is 6.07. The van der Waals surface area contributed by atoms with E-state index in [1.54, 1.807) is 12.3 Å². The van der Waals surface area contributed by atoms with Crippen molar-refractivity contribution in [3.05, 3.63) is 58.3 Å². The topological polar surface area (TPSA) is 39.2 Å². The lowest BCUT2D eigenvalue weighted by Crippen LogP contribution is -2.12. The molecule has 1 aromatic carbocycles. The first-order chi connectivity index (χ1) is 9.36. The van der Waals surface area contributed by atoms with Crippen molar-refractivity contribution < 1.29 is 9.53 Å². The van der Waals surface area contributed by atoms with Crippen LogP contribution in [0.15, 0.2) is 47.2 Å². The molecule has 0 aliphatic heterocycles. The summed E-state index contributed by atoms with van der Waals surface area (Å²) in [5.41, 5.74) is 1.69. The molecule has 0 bridgehead atoms. The fraction of sp³-hybridized carbons (Fsp3) is 0.250.